The number of ether oxygens (including phenoxy) is 1. The Hall–Kier alpha value is -2.88. The first-order valence-corrected chi connectivity index (χ1v) is 10.6. The molecule has 0 N–H and O–H groups in total. The van der Waals surface area contributed by atoms with E-state index in [1.165, 1.54) is 17.0 Å². The quantitative estimate of drug-likeness (QED) is 0.633. The largest absolute Gasteiger partial charge is 0.490 e. The van der Waals surface area contributed by atoms with Crippen LogP contribution >= 0.6 is 11.6 Å². The molecule has 0 aliphatic carbocycles. The number of anilines is 1. The predicted molar refractivity (Wildman–Crippen MR) is 112 cm³/mol. The summed E-state index contributed by atoms with van der Waals surface area (Å²) in [5, 5.41) is 9.74. The van der Waals surface area contributed by atoms with Crippen molar-refractivity contribution in [2.24, 2.45) is 10.3 Å². The lowest BCUT2D eigenvalue weighted by Gasteiger charge is -2.41. The molecule has 32 heavy (non-hydrogen) atoms. The van der Waals surface area contributed by atoms with Gasteiger partial charge >= 0.3 is 6.18 Å². The molecular weight excluding hydrogens is 447 g/mol. The highest BCUT2D eigenvalue weighted by molar-refractivity contribution is 6.34. The molecule has 1 saturated heterocycles. The fourth-order valence-electron chi connectivity index (χ4n) is 4.15. The summed E-state index contributed by atoms with van der Waals surface area (Å²) in [6, 6.07) is 6.00. The zero-order valence-electron chi connectivity index (χ0n) is 17.4. The molecule has 170 valence electrons. The van der Waals surface area contributed by atoms with Gasteiger partial charge in [0.15, 0.2) is 11.6 Å². The number of fused-ring (bicyclic) bond motifs is 1. The number of hydrogen-bond acceptors (Lipinski definition) is 6. The van der Waals surface area contributed by atoms with Gasteiger partial charge in [-0.3, -0.25) is 4.79 Å². The van der Waals surface area contributed by atoms with Crippen LogP contribution < -0.4 is 9.75 Å². The Labute approximate surface area is 187 Å². The number of aromatic nitrogens is 1. The third-order valence-electron chi connectivity index (χ3n) is 5.70. The fourth-order valence-corrected chi connectivity index (χ4v) is 4.47. The maximum Gasteiger partial charge on any atom is 0.417 e. The van der Waals surface area contributed by atoms with Crippen LogP contribution in [0.15, 0.2) is 46.9 Å². The van der Waals surface area contributed by atoms with Crippen LogP contribution in [-0.4, -0.2) is 47.1 Å². The number of halogens is 4. The van der Waals surface area contributed by atoms with Crippen molar-refractivity contribution in [1.82, 2.24) is 9.88 Å². The van der Waals surface area contributed by atoms with Gasteiger partial charge in [-0.05, 0) is 44.5 Å². The summed E-state index contributed by atoms with van der Waals surface area (Å²) in [5.74, 6) is 0.559. The number of carbonyl (C=O) groups is 1. The van der Waals surface area contributed by atoms with E-state index < -0.39 is 28.7 Å². The van der Waals surface area contributed by atoms with E-state index in [0.29, 0.717) is 31.1 Å². The van der Waals surface area contributed by atoms with Gasteiger partial charge in [0.2, 0.25) is 0 Å². The summed E-state index contributed by atoms with van der Waals surface area (Å²) >= 11 is 5.98. The summed E-state index contributed by atoms with van der Waals surface area (Å²) in [4.78, 5) is 19.0. The second-order valence-corrected chi connectivity index (χ2v) is 7.94. The maximum atomic E-state index is 13.2. The molecule has 2 aliphatic heterocycles. The van der Waals surface area contributed by atoms with Crippen molar-refractivity contribution in [3.63, 3.8) is 0 Å². The smallest absolute Gasteiger partial charge is 0.417 e. The lowest BCUT2D eigenvalue weighted by atomic mass is 9.92. The number of pyridine rings is 1. The van der Waals surface area contributed by atoms with E-state index in [0.717, 1.165) is 6.07 Å². The van der Waals surface area contributed by atoms with E-state index in [-0.39, 0.29) is 17.6 Å². The molecule has 0 radical (unpaired) electrons. The van der Waals surface area contributed by atoms with Crippen LogP contribution in [0, 0.1) is 0 Å². The maximum absolute atomic E-state index is 13.2. The SMILES string of the molecule is CCOc1cccnc1N1N=NC2C(C)N(C(=O)c3cccc(C(F)(F)F)c3Cl)CCC21. The summed E-state index contributed by atoms with van der Waals surface area (Å²) in [6.45, 7) is 4.46. The summed E-state index contributed by atoms with van der Waals surface area (Å²) in [5.41, 5.74) is -1.21. The van der Waals surface area contributed by atoms with Gasteiger partial charge in [0.05, 0.1) is 34.8 Å². The predicted octanol–water partition coefficient (Wildman–Crippen LogP) is 5.01. The van der Waals surface area contributed by atoms with Crippen LogP contribution in [0.2, 0.25) is 5.02 Å². The molecule has 1 aromatic carbocycles. The van der Waals surface area contributed by atoms with Crippen molar-refractivity contribution in [2.45, 2.75) is 44.6 Å². The number of carbonyl (C=O) groups excluding carboxylic acids is 1. The van der Waals surface area contributed by atoms with Crippen LogP contribution in [0.5, 0.6) is 5.75 Å². The lowest BCUT2D eigenvalue weighted by molar-refractivity contribution is -0.137. The van der Waals surface area contributed by atoms with Crippen molar-refractivity contribution >= 4 is 23.3 Å². The minimum atomic E-state index is -4.65. The molecule has 1 amide bonds. The number of nitrogens with zero attached hydrogens (tertiary/aromatic N) is 5. The Bertz CT molecular complexity index is 1050. The molecule has 11 heteroatoms. The standard InChI is InChI=1S/C21H21ClF3N5O2/c1-3-32-16-8-5-10-26-19(16)30-15-9-11-29(12(2)18(15)27-28-30)20(31)13-6-4-7-14(17(13)22)21(23,24)25/h4-8,10,12,15,18H,3,9,11H2,1-2H3. The van der Waals surface area contributed by atoms with Gasteiger partial charge in [0.25, 0.3) is 5.91 Å². The van der Waals surface area contributed by atoms with Gasteiger partial charge < -0.3 is 9.64 Å². The van der Waals surface area contributed by atoms with Gasteiger partial charge in [-0.1, -0.05) is 22.9 Å². The Kier molecular flexibility index (Phi) is 5.98. The summed E-state index contributed by atoms with van der Waals surface area (Å²) in [7, 11) is 0. The van der Waals surface area contributed by atoms with Crippen molar-refractivity contribution in [1.29, 1.82) is 0 Å². The number of likely N-dealkylation sites (tertiary alicyclic amines) is 1. The zero-order chi connectivity index (χ0) is 23.0. The first kappa shape index (κ1) is 22.3. The number of rotatable bonds is 4. The number of alkyl halides is 3. The molecule has 1 fully saturated rings. The average Bonchev–Trinajstić information content (AvgIpc) is 3.18. The van der Waals surface area contributed by atoms with E-state index in [1.807, 2.05) is 6.92 Å². The number of amides is 1. The van der Waals surface area contributed by atoms with Crippen LogP contribution in [0.3, 0.4) is 0 Å². The molecule has 3 heterocycles. The number of hydrogen-bond donors (Lipinski definition) is 0. The second-order valence-electron chi connectivity index (χ2n) is 7.56. The van der Waals surface area contributed by atoms with Crippen molar-refractivity contribution in [2.75, 3.05) is 18.2 Å². The van der Waals surface area contributed by atoms with E-state index in [4.69, 9.17) is 16.3 Å². The fraction of sp³-hybridized carbons (Fsp3) is 0.429. The number of benzene rings is 1. The summed E-state index contributed by atoms with van der Waals surface area (Å²) < 4.78 is 45.3. The van der Waals surface area contributed by atoms with E-state index in [2.05, 4.69) is 15.3 Å². The molecule has 4 rings (SSSR count). The average molecular weight is 468 g/mol. The van der Waals surface area contributed by atoms with Gasteiger partial charge in [0, 0.05) is 12.7 Å². The van der Waals surface area contributed by atoms with Gasteiger partial charge in [-0.15, -0.1) is 0 Å². The van der Waals surface area contributed by atoms with Crippen molar-refractivity contribution in [3.8, 4) is 5.75 Å². The zero-order valence-corrected chi connectivity index (χ0v) is 18.1. The monoisotopic (exact) mass is 467 g/mol. The van der Waals surface area contributed by atoms with Crippen molar-refractivity contribution in [3.05, 3.63) is 52.7 Å². The van der Waals surface area contributed by atoms with E-state index >= 15 is 0 Å². The van der Waals surface area contributed by atoms with Gasteiger partial charge in [-0.2, -0.15) is 18.3 Å². The highest BCUT2D eigenvalue weighted by Crippen LogP contribution is 2.39. The van der Waals surface area contributed by atoms with Crippen LogP contribution in [0.25, 0.3) is 0 Å². The Morgan fingerprint density at radius 3 is 2.78 bits per heavy atom. The minimum Gasteiger partial charge on any atom is -0.490 e. The van der Waals surface area contributed by atoms with Gasteiger partial charge in [-0.25, -0.2) is 9.99 Å². The molecule has 0 saturated carbocycles. The van der Waals surface area contributed by atoms with Crippen LogP contribution in [-0.2, 0) is 6.18 Å². The van der Waals surface area contributed by atoms with Crippen LogP contribution in [0.1, 0.15) is 36.2 Å². The minimum absolute atomic E-state index is 0.153. The Morgan fingerprint density at radius 2 is 2.06 bits per heavy atom. The molecule has 0 spiro atoms. The second kappa shape index (κ2) is 8.57. The first-order chi connectivity index (χ1) is 15.2. The lowest BCUT2D eigenvalue weighted by Crippen LogP contribution is -2.56. The normalized spacial score (nSPS) is 22.8. The van der Waals surface area contributed by atoms with Crippen molar-refractivity contribution < 1.29 is 22.7 Å². The topological polar surface area (TPSA) is 70.4 Å². The van der Waals surface area contributed by atoms with E-state index in [9.17, 15) is 18.0 Å². The Morgan fingerprint density at radius 1 is 1.28 bits per heavy atom. The molecule has 7 nitrogen and oxygen atoms in total. The highest BCUT2D eigenvalue weighted by atomic mass is 35.5. The van der Waals surface area contributed by atoms with Gasteiger partial charge in [0.1, 0.15) is 6.04 Å². The number of piperidine rings is 1. The van der Waals surface area contributed by atoms with E-state index in [1.54, 1.807) is 30.3 Å². The third-order valence-corrected chi connectivity index (χ3v) is 6.11. The third kappa shape index (κ3) is 3.87. The molecule has 0 bridgehead atoms. The molecular formula is C21H21ClF3N5O2. The molecule has 1 aromatic heterocycles. The molecule has 2 aromatic rings. The highest BCUT2D eigenvalue weighted by Gasteiger charge is 2.46. The Balaban J connectivity index is 1.57. The molecule has 3 atom stereocenters. The molecule has 2 aliphatic rings. The first-order valence-electron chi connectivity index (χ1n) is 10.2. The van der Waals surface area contributed by atoms with Crippen LogP contribution in [0.4, 0.5) is 19.0 Å². The molecule has 3 unspecified atom stereocenters. The summed E-state index contributed by atoms with van der Waals surface area (Å²) in [6.07, 6.45) is -2.50.